The number of carboxylic acids is 1. The number of nitrogens with zero attached hydrogens (tertiary/aromatic N) is 1. The van der Waals surface area contributed by atoms with E-state index in [9.17, 15) is 9.18 Å². The molecule has 4 nitrogen and oxygen atoms in total. The maximum atomic E-state index is 13.4. The quantitative estimate of drug-likeness (QED) is 0.848. The van der Waals surface area contributed by atoms with Crippen molar-refractivity contribution in [2.75, 3.05) is 24.6 Å². The smallest absolute Gasteiger partial charge is 0.328 e. The molecule has 1 N–H and O–H groups in total. The van der Waals surface area contributed by atoms with Gasteiger partial charge in [0, 0.05) is 37.0 Å². The SMILES string of the molecule is CCOC1CCN(c2ccc(F)cc2C=CC(=O)O)CC1. The van der Waals surface area contributed by atoms with E-state index in [1.807, 2.05) is 6.92 Å². The molecular weight excluding hydrogens is 273 g/mol. The van der Waals surface area contributed by atoms with Gasteiger partial charge in [-0.3, -0.25) is 0 Å². The zero-order chi connectivity index (χ0) is 15.2. The summed E-state index contributed by atoms with van der Waals surface area (Å²) in [5.41, 5.74) is 1.45. The Kier molecular flexibility index (Phi) is 5.33. The van der Waals surface area contributed by atoms with Crippen LogP contribution >= 0.6 is 0 Å². The fraction of sp³-hybridized carbons (Fsp3) is 0.438. The lowest BCUT2D eigenvalue weighted by Gasteiger charge is -2.34. The minimum atomic E-state index is -1.04. The molecular formula is C16H20FNO3. The first-order chi connectivity index (χ1) is 10.1. The topological polar surface area (TPSA) is 49.8 Å². The number of ether oxygens (including phenoxy) is 1. The maximum absolute atomic E-state index is 13.4. The van der Waals surface area contributed by atoms with Crippen LogP contribution in [0.3, 0.4) is 0 Å². The summed E-state index contributed by atoms with van der Waals surface area (Å²) in [6.45, 7) is 4.35. The standard InChI is InChI=1S/C16H20FNO3/c1-2-21-14-7-9-18(10-8-14)15-5-4-13(17)11-12(15)3-6-16(19)20/h3-6,11,14H,2,7-10H2,1H3,(H,19,20). The number of hydrogen-bond acceptors (Lipinski definition) is 3. The lowest BCUT2D eigenvalue weighted by atomic mass is 10.0. The van der Waals surface area contributed by atoms with Crippen molar-refractivity contribution in [2.45, 2.75) is 25.9 Å². The minimum Gasteiger partial charge on any atom is -0.478 e. The highest BCUT2D eigenvalue weighted by Crippen LogP contribution is 2.27. The van der Waals surface area contributed by atoms with Crippen molar-refractivity contribution in [2.24, 2.45) is 0 Å². The van der Waals surface area contributed by atoms with Crippen LogP contribution in [0.15, 0.2) is 24.3 Å². The van der Waals surface area contributed by atoms with E-state index >= 15 is 0 Å². The number of piperidine rings is 1. The molecule has 1 fully saturated rings. The molecule has 0 aliphatic carbocycles. The molecule has 0 unspecified atom stereocenters. The monoisotopic (exact) mass is 293 g/mol. The Balaban J connectivity index is 2.14. The van der Waals surface area contributed by atoms with Crippen molar-refractivity contribution < 1.29 is 19.0 Å². The molecule has 0 aromatic heterocycles. The molecule has 0 saturated carbocycles. The summed E-state index contributed by atoms with van der Waals surface area (Å²) in [6, 6.07) is 4.48. The Hall–Kier alpha value is -1.88. The second-order valence-electron chi connectivity index (χ2n) is 5.02. The summed E-state index contributed by atoms with van der Waals surface area (Å²) in [5.74, 6) is -1.41. The van der Waals surface area contributed by atoms with Gasteiger partial charge in [0.1, 0.15) is 5.82 Å². The number of carbonyl (C=O) groups is 1. The van der Waals surface area contributed by atoms with Crippen molar-refractivity contribution in [1.82, 2.24) is 0 Å². The van der Waals surface area contributed by atoms with Gasteiger partial charge in [-0.25, -0.2) is 9.18 Å². The van der Waals surface area contributed by atoms with Crippen LogP contribution in [0.5, 0.6) is 0 Å². The van der Waals surface area contributed by atoms with Crippen molar-refractivity contribution in [3.05, 3.63) is 35.7 Å². The Bertz CT molecular complexity index is 522. The lowest BCUT2D eigenvalue weighted by molar-refractivity contribution is -0.131. The first-order valence-corrected chi connectivity index (χ1v) is 7.17. The number of benzene rings is 1. The number of halogens is 1. The Labute approximate surface area is 123 Å². The van der Waals surface area contributed by atoms with E-state index in [1.54, 1.807) is 6.07 Å². The molecule has 1 heterocycles. The van der Waals surface area contributed by atoms with Crippen LogP contribution in [0.2, 0.25) is 0 Å². The molecule has 0 atom stereocenters. The molecule has 1 saturated heterocycles. The maximum Gasteiger partial charge on any atom is 0.328 e. The summed E-state index contributed by atoms with van der Waals surface area (Å²) < 4.78 is 19.0. The highest BCUT2D eigenvalue weighted by molar-refractivity contribution is 5.87. The highest BCUT2D eigenvalue weighted by Gasteiger charge is 2.20. The third kappa shape index (κ3) is 4.29. The summed E-state index contributed by atoms with van der Waals surface area (Å²) in [7, 11) is 0. The van der Waals surface area contributed by atoms with Crippen LogP contribution in [0, 0.1) is 5.82 Å². The summed E-state index contributed by atoms with van der Waals surface area (Å²) >= 11 is 0. The van der Waals surface area contributed by atoms with Crippen molar-refractivity contribution in [3.63, 3.8) is 0 Å². The molecule has 5 heteroatoms. The van der Waals surface area contributed by atoms with Crippen LogP contribution < -0.4 is 4.90 Å². The molecule has 0 spiro atoms. The van der Waals surface area contributed by atoms with Crippen LogP contribution in [-0.2, 0) is 9.53 Å². The van der Waals surface area contributed by atoms with Gasteiger partial charge in [0.25, 0.3) is 0 Å². The van der Waals surface area contributed by atoms with Gasteiger partial charge >= 0.3 is 5.97 Å². The van der Waals surface area contributed by atoms with E-state index < -0.39 is 5.97 Å². The summed E-state index contributed by atoms with van der Waals surface area (Å²) in [5, 5.41) is 8.73. The third-order valence-electron chi connectivity index (χ3n) is 3.58. The van der Waals surface area contributed by atoms with Crippen molar-refractivity contribution in [3.8, 4) is 0 Å². The van der Waals surface area contributed by atoms with Crippen LogP contribution in [0.25, 0.3) is 6.08 Å². The van der Waals surface area contributed by atoms with Crippen molar-refractivity contribution >= 4 is 17.7 Å². The first-order valence-electron chi connectivity index (χ1n) is 7.17. The predicted octanol–water partition coefficient (Wildman–Crippen LogP) is 2.93. The van der Waals surface area contributed by atoms with Crippen LogP contribution in [0.4, 0.5) is 10.1 Å². The molecule has 114 valence electrons. The largest absolute Gasteiger partial charge is 0.478 e. The van der Waals surface area contributed by atoms with Crippen LogP contribution in [-0.4, -0.2) is 36.9 Å². The van der Waals surface area contributed by atoms with Gasteiger partial charge in [-0.2, -0.15) is 0 Å². The van der Waals surface area contributed by atoms with Gasteiger partial charge in [-0.1, -0.05) is 0 Å². The van der Waals surface area contributed by atoms with E-state index in [4.69, 9.17) is 9.84 Å². The number of anilines is 1. The number of aliphatic carboxylic acids is 1. The van der Waals surface area contributed by atoms with Gasteiger partial charge in [0.2, 0.25) is 0 Å². The molecule has 1 aromatic rings. The molecule has 1 aliphatic rings. The molecule has 1 aromatic carbocycles. The van der Waals surface area contributed by atoms with E-state index in [0.717, 1.165) is 37.7 Å². The molecule has 0 amide bonds. The third-order valence-corrected chi connectivity index (χ3v) is 3.58. The zero-order valence-corrected chi connectivity index (χ0v) is 12.1. The normalized spacial score (nSPS) is 16.6. The number of rotatable bonds is 5. The van der Waals surface area contributed by atoms with Gasteiger partial charge in [-0.15, -0.1) is 0 Å². The Morgan fingerprint density at radius 2 is 2.19 bits per heavy atom. The summed E-state index contributed by atoms with van der Waals surface area (Å²) in [4.78, 5) is 12.8. The van der Waals surface area contributed by atoms with Gasteiger partial charge in [0.15, 0.2) is 0 Å². The van der Waals surface area contributed by atoms with E-state index in [1.165, 1.54) is 18.2 Å². The predicted molar refractivity (Wildman–Crippen MR) is 79.9 cm³/mol. The lowest BCUT2D eigenvalue weighted by Crippen LogP contribution is -2.37. The molecule has 2 rings (SSSR count). The van der Waals surface area contributed by atoms with Gasteiger partial charge in [0.05, 0.1) is 6.10 Å². The number of carboxylic acid groups (broad SMARTS) is 1. The van der Waals surface area contributed by atoms with Gasteiger partial charge < -0.3 is 14.7 Å². The van der Waals surface area contributed by atoms with E-state index in [0.29, 0.717) is 12.2 Å². The number of hydrogen-bond donors (Lipinski definition) is 1. The average molecular weight is 293 g/mol. The molecule has 21 heavy (non-hydrogen) atoms. The Morgan fingerprint density at radius 1 is 1.48 bits per heavy atom. The fourth-order valence-corrected chi connectivity index (χ4v) is 2.61. The van der Waals surface area contributed by atoms with Gasteiger partial charge in [-0.05, 0) is 44.0 Å². The second-order valence-corrected chi connectivity index (χ2v) is 5.02. The molecule has 0 bridgehead atoms. The second kappa shape index (κ2) is 7.22. The Morgan fingerprint density at radius 3 is 2.81 bits per heavy atom. The van der Waals surface area contributed by atoms with E-state index in [-0.39, 0.29) is 11.9 Å². The zero-order valence-electron chi connectivity index (χ0n) is 12.1. The minimum absolute atomic E-state index is 0.282. The summed E-state index contributed by atoms with van der Waals surface area (Å²) in [6.07, 6.45) is 4.60. The fourth-order valence-electron chi connectivity index (χ4n) is 2.61. The van der Waals surface area contributed by atoms with E-state index in [2.05, 4.69) is 4.90 Å². The highest BCUT2D eigenvalue weighted by atomic mass is 19.1. The van der Waals surface area contributed by atoms with Crippen molar-refractivity contribution in [1.29, 1.82) is 0 Å². The van der Waals surface area contributed by atoms with Crippen LogP contribution in [0.1, 0.15) is 25.3 Å². The molecule has 1 aliphatic heterocycles. The first kappa shape index (κ1) is 15.5. The average Bonchev–Trinajstić information content (AvgIpc) is 2.46. The molecule has 0 radical (unpaired) electrons.